The topological polar surface area (TPSA) is 37.3 Å². The van der Waals surface area contributed by atoms with Crippen LogP contribution >= 0.6 is 0 Å². The molecule has 3 heteroatoms. The number of rotatable bonds is 8. The summed E-state index contributed by atoms with van der Waals surface area (Å²) in [4.78, 5) is 10.1. The first-order valence-electron chi connectivity index (χ1n) is 4.99. The standard InChI is InChI=1S/C10H20O2.Mg.2H/c1-2-3-4-5-6-7-8-9-10(11)12;;;/h2-9H2,1H3,(H,11,12);;;/q;+2;2*-1. The summed E-state index contributed by atoms with van der Waals surface area (Å²) in [6.45, 7) is 2.20. The van der Waals surface area contributed by atoms with Crippen LogP contribution in [0, 0.1) is 0 Å². The Hall–Kier alpha value is 0.236. The first kappa shape index (κ1) is 15.7. The van der Waals surface area contributed by atoms with E-state index in [1.54, 1.807) is 0 Å². The van der Waals surface area contributed by atoms with E-state index in [1.165, 1.54) is 32.1 Å². The number of carboxylic acids is 1. The van der Waals surface area contributed by atoms with Crippen molar-refractivity contribution in [1.29, 1.82) is 0 Å². The molecule has 0 heterocycles. The Morgan fingerprint density at radius 2 is 1.54 bits per heavy atom. The summed E-state index contributed by atoms with van der Waals surface area (Å²) in [6.07, 6.45) is 8.64. The van der Waals surface area contributed by atoms with Gasteiger partial charge in [0.15, 0.2) is 0 Å². The molecule has 0 atom stereocenters. The predicted octanol–water partition coefficient (Wildman–Crippen LogP) is 3.06. The molecule has 0 aromatic rings. The maximum absolute atomic E-state index is 10.1. The van der Waals surface area contributed by atoms with E-state index >= 15 is 0 Å². The SMILES string of the molecule is CCCCCCCCCC(=O)O.[H-].[H-].[Mg+2]. The van der Waals surface area contributed by atoms with Crippen LogP contribution in [-0.4, -0.2) is 34.1 Å². The zero-order chi connectivity index (χ0) is 9.23. The molecular weight excluding hydrogens is 176 g/mol. The summed E-state index contributed by atoms with van der Waals surface area (Å²) >= 11 is 0. The Kier molecular flexibility index (Phi) is 14.8. The molecule has 2 nitrogen and oxygen atoms in total. The monoisotopic (exact) mass is 198 g/mol. The molecular formula is C10H22MgO2. The zero-order valence-electron chi connectivity index (χ0n) is 10.7. The van der Waals surface area contributed by atoms with Gasteiger partial charge < -0.3 is 7.96 Å². The van der Waals surface area contributed by atoms with Crippen LogP contribution in [0.4, 0.5) is 0 Å². The van der Waals surface area contributed by atoms with Gasteiger partial charge in [0.1, 0.15) is 0 Å². The molecule has 13 heavy (non-hydrogen) atoms. The fraction of sp³-hybridized carbons (Fsp3) is 0.900. The molecule has 0 saturated heterocycles. The summed E-state index contributed by atoms with van der Waals surface area (Å²) in [5.74, 6) is -0.663. The fourth-order valence-electron chi connectivity index (χ4n) is 1.23. The summed E-state index contributed by atoms with van der Waals surface area (Å²) in [5.41, 5.74) is 0. The third-order valence-electron chi connectivity index (χ3n) is 1.99. The summed E-state index contributed by atoms with van der Waals surface area (Å²) in [5, 5.41) is 8.35. The quantitative estimate of drug-likeness (QED) is 0.481. The molecule has 0 radical (unpaired) electrons. The van der Waals surface area contributed by atoms with Crippen molar-refractivity contribution in [3.63, 3.8) is 0 Å². The molecule has 0 bridgehead atoms. The van der Waals surface area contributed by atoms with Crippen molar-refractivity contribution >= 4 is 29.0 Å². The second-order valence-electron chi connectivity index (χ2n) is 3.27. The largest absolute Gasteiger partial charge is 2.00 e. The van der Waals surface area contributed by atoms with Crippen LogP contribution in [0.3, 0.4) is 0 Å². The van der Waals surface area contributed by atoms with E-state index in [-0.39, 0.29) is 25.9 Å². The number of carboxylic acid groups (broad SMARTS) is 1. The molecule has 0 spiro atoms. The molecule has 0 fully saturated rings. The molecule has 0 unspecified atom stereocenters. The second kappa shape index (κ2) is 12.2. The average molecular weight is 199 g/mol. The van der Waals surface area contributed by atoms with Crippen LogP contribution < -0.4 is 0 Å². The zero-order valence-corrected chi connectivity index (χ0v) is 10.1. The second-order valence-corrected chi connectivity index (χ2v) is 3.27. The van der Waals surface area contributed by atoms with Crippen LogP contribution in [0.25, 0.3) is 0 Å². The maximum atomic E-state index is 10.1. The third kappa shape index (κ3) is 15.0. The summed E-state index contributed by atoms with van der Waals surface area (Å²) < 4.78 is 0. The molecule has 0 aromatic heterocycles. The molecule has 1 N–H and O–H groups in total. The Bertz CT molecular complexity index is 124. The first-order valence-corrected chi connectivity index (χ1v) is 4.99. The minimum atomic E-state index is -0.663. The van der Waals surface area contributed by atoms with Crippen molar-refractivity contribution in [2.45, 2.75) is 58.3 Å². The number of hydrogen-bond acceptors (Lipinski definition) is 1. The molecule has 0 amide bonds. The Labute approximate surface area is 100 Å². The van der Waals surface area contributed by atoms with Gasteiger partial charge in [-0.05, 0) is 6.42 Å². The van der Waals surface area contributed by atoms with Crippen molar-refractivity contribution < 1.29 is 12.8 Å². The Morgan fingerprint density at radius 1 is 1.08 bits per heavy atom. The van der Waals surface area contributed by atoms with Crippen molar-refractivity contribution in [2.24, 2.45) is 0 Å². The van der Waals surface area contributed by atoms with E-state index in [0.717, 1.165) is 12.8 Å². The fourth-order valence-corrected chi connectivity index (χ4v) is 1.23. The minimum absolute atomic E-state index is 0. The molecule has 0 aliphatic heterocycles. The van der Waals surface area contributed by atoms with Gasteiger partial charge in [-0.3, -0.25) is 4.79 Å². The number of aliphatic carboxylic acids is 1. The normalized spacial score (nSPS) is 9.31. The molecule has 0 aliphatic carbocycles. The van der Waals surface area contributed by atoms with Crippen molar-refractivity contribution in [1.82, 2.24) is 0 Å². The van der Waals surface area contributed by atoms with Gasteiger partial charge in [0.05, 0.1) is 0 Å². The van der Waals surface area contributed by atoms with Gasteiger partial charge in [-0.1, -0.05) is 45.4 Å². The summed E-state index contributed by atoms with van der Waals surface area (Å²) in [7, 11) is 0. The average Bonchev–Trinajstić information content (AvgIpc) is 2.02. The third-order valence-corrected chi connectivity index (χ3v) is 1.99. The van der Waals surface area contributed by atoms with Gasteiger partial charge in [0, 0.05) is 6.42 Å². The molecule has 76 valence electrons. The Balaban J connectivity index is -0.000000202. The van der Waals surface area contributed by atoms with Gasteiger partial charge in [0.25, 0.3) is 0 Å². The van der Waals surface area contributed by atoms with Gasteiger partial charge >= 0.3 is 29.0 Å². The van der Waals surface area contributed by atoms with E-state index in [1.807, 2.05) is 0 Å². The first-order chi connectivity index (χ1) is 5.77. The van der Waals surface area contributed by atoms with E-state index in [2.05, 4.69) is 6.92 Å². The molecule has 0 aliphatic rings. The maximum Gasteiger partial charge on any atom is 2.00 e. The van der Waals surface area contributed by atoms with Crippen LogP contribution in [0.2, 0.25) is 0 Å². The minimum Gasteiger partial charge on any atom is -1.00 e. The number of carbonyl (C=O) groups is 1. The molecule has 0 aromatic carbocycles. The van der Waals surface area contributed by atoms with E-state index in [4.69, 9.17) is 5.11 Å². The van der Waals surface area contributed by atoms with Crippen LogP contribution in [0.15, 0.2) is 0 Å². The number of unbranched alkanes of at least 4 members (excludes halogenated alkanes) is 6. The van der Waals surface area contributed by atoms with Gasteiger partial charge in [0.2, 0.25) is 0 Å². The molecule has 0 rings (SSSR count). The van der Waals surface area contributed by atoms with Crippen molar-refractivity contribution in [2.75, 3.05) is 0 Å². The Morgan fingerprint density at radius 3 is 2.00 bits per heavy atom. The predicted molar refractivity (Wildman–Crippen MR) is 58.2 cm³/mol. The number of hydrogen-bond donors (Lipinski definition) is 1. The van der Waals surface area contributed by atoms with Crippen LogP contribution in [0.5, 0.6) is 0 Å². The molecule has 0 saturated carbocycles. The van der Waals surface area contributed by atoms with E-state index in [0.29, 0.717) is 6.42 Å². The summed E-state index contributed by atoms with van der Waals surface area (Å²) in [6, 6.07) is 0. The van der Waals surface area contributed by atoms with Crippen LogP contribution in [-0.2, 0) is 4.79 Å². The smallest absolute Gasteiger partial charge is 1.00 e. The van der Waals surface area contributed by atoms with Crippen LogP contribution in [0.1, 0.15) is 61.1 Å². The van der Waals surface area contributed by atoms with E-state index < -0.39 is 5.97 Å². The van der Waals surface area contributed by atoms with Crippen molar-refractivity contribution in [3.05, 3.63) is 0 Å². The van der Waals surface area contributed by atoms with E-state index in [9.17, 15) is 4.79 Å². The van der Waals surface area contributed by atoms with Gasteiger partial charge in [-0.15, -0.1) is 0 Å². The van der Waals surface area contributed by atoms with Gasteiger partial charge in [-0.25, -0.2) is 0 Å². The van der Waals surface area contributed by atoms with Gasteiger partial charge in [-0.2, -0.15) is 0 Å². The van der Waals surface area contributed by atoms with Crippen molar-refractivity contribution in [3.8, 4) is 0 Å².